The number of hydrogen-bond donors (Lipinski definition) is 0. The topological polar surface area (TPSA) is 60.6 Å². The summed E-state index contributed by atoms with van der Waals surface area (Å²) in [5, 5.41) is 4.06. The maximum Gasteiger partial charge on any atom is 0.241 e. The molecule has 2 atom stereocenters. The Morgan fingerprint density at radius 1 is 1.18 bits per heavy atom. The summed E-state index contributed by atoms with van der Waals surface area (Å²) in [4.78, 5) is 6.76. The van der Waals surface area contributed by atoms with E-state index in [9.17, 15) is 0 Å². The first-order chi connectivity index (χ1) is 10.6. The SMILES string of the molecule is COc1ccc(-c2noc(CN3C[C@H](C)O[C@@H](C)C3)n2)cc1. The normalized spacial score (nSPS) is 22.7. The molecule has 118 valence electrons. The van der Waals surface area contributed by atoms with Gasteiger partial charge >= 0.3 is 0 Å². The van der Waals surface area contributed by atoms with E-state index in [0.717, 1.165) is 24.4 Å². The molecule has 2 heterocycles. The first kappa shape index (κ1) is 15.0. The molecule has 0 N–H and O–H groups in total. The molecule has 2 aromatic rings. The van der Waals surface area contributed by atoms with Crippen molar-refractivity contribution in [1.29, 1.82) is 0 Å². The van der Waals surface area contributed by atoms with Crippen molar-refractivity contribution in [3.05, 3.63) is 30.2 Å². The highest BCUT2D eigenvalue weighted by Crippen LogP contribution is 2.20. The summed E-state index contributed by atoms with van der Waals surface area (Å²) >= 11 is 0. The summed E-state index contributed by atoms with van der Waals surface area (Å²) in [6, 6.07) is 7.62. The van der Waals surface area contributed by atoms with Gasteiger partial charge in [0.1, 0.15) is 5.75 Å². The third-order valence-electron chi connectivity index (χ3n) is 3.67. The van der Waals surface area contributed by atoms with Gasteiger partial charge in [-0.3, -0.25) is 4.90 Å². The van der Waals surface area contributed by atoms with Crippen LogP contribution in [0.3, 0.4) is 0 Å². The van der Waals surface area contributed by atoms with E-state index in [1.54, 1.807) is 7.11 Å². The van der Waals surface area contributed by atoms with Gasteiger partial charge in [0.05, 0.1) is 25.9 Å². The van der Waals surface area contributed by atoms with Gasteiger partial charge < -0.3 is 14.0 Å². The number of methoxy groups -OCH3 is 1. The van der Waals surface area contributed by atoms with Gasteiger partial charge in [0, 0.05) is 18.7 Å². The van der Waals surface area contributed by atoms with E-state index in [0.29, 0.717) is 18.3 Å². The molecular formula is C16H21N3O3. The Hall–Kier alpha value is -1.92. The van der Waals surface area contributed by atoms with Crippen LogP contribution in [0.2, 0.25) is 0 Å². The lowest BCUT2D eigenvalue weighted by Crippen LogP contribution is -2.44. The van der Waals surface area contributed by atoms with Crippen LogP contribution in [0, 0.1) is 0 Å². The second kappa shape index (κ2) is 6.46. The predicted octanol–water partition coefficient (Wildman–Crippen LogP) is 2.35. The predicted molar refractivity (Wildman–Crippen MR) is 81.6 cm³/mol. The number of morpholine rings is 1. The van der Waals surface area contributed by atoms with Crippen molar-refractivity contribution in [3.8, 4) is 17.1 Å². The van der Waals surface area contributed by atoms with Crippen LogP contribution >= 0.6 is 0 Å². The highest BCUT2D eigenvalue weighted by molar-refractivity contribution is 5.55. The fourth-order valence-electron chi connectivity index (χ4n) is 2.78. The third-order valence-corrected chi connectivity index (χ3v) is 3.67. The van der Waals surface area contributed by atoms with Gasteiger partial charge in [-0.15, -0.1) is 0 Å². The van der Waals surface area contributed by atoms with Crippen LogP contribution in [0.25, 0.3) is 11.4 Å². The summed E-state index contributed by atoms with van der Waals surface area (Å²) in [7, 11) is 1.64. The van der Waals surface area contributed by atoms with Crippen molar-refractivity contribution in [2.45, 2.75) is 32.6 Å². The molecule has 0 radical (unpaired) electrons. The molecule has 22 heavy (non-hydrogen) atoms. The third kappa shape index (κ3) is 3.45. The molecule has 0 unspecified atom stereocenters. The average molecular weight is 303 g/mol. The molecule has 0 spiro atoms. The fourth-order valence-corrected chi connectivity index (χ4v) is 2.78. The highest BCUT2D eigenvalue weighted by atomic mass is 16.5. The van der Waals surface area contributed by atoms with E-state index in [2.05, 4.69) is 28.9 Å². The van der Waals surface area contributed by atoms with E-state index in [4.69, 9.17) is 14.0 Å². The van der Waals surface area contributed by atoms with E-state index in [1.807, 2.05) is 24.3 Å². The Balaban J connectivity index is 1.68. The first-order valence-electron chi connectivity index (χ1n) is 7.49. The van der Waals surface area contributed by atoms with Crippen molar-refractivity contribution >= 4 is 0 Å². The zero-order chi connectivity index (χ0) is 15.5. The fraction of sp³-hybridized carbons (Fsp3) is 0.500. The van der Waals surface area contributed by atoms with Crippen molar-refractivity contribution < 1.29 is 14.0 Å². The maximum atomic E-state index is 5.73. The standard InChI is InChI=1S/C16H21N3O3/c1-11-8-19(9-12(2)21-11)10-15-17-16(18-22-15)13-4-6-14(20-3)7-5-13/h4-7,11-12H,8-10H2,1-3H3/t11-,12-/m0/s1. The molecule has 0 aliphatic carbocycles. The minimum Gasteiger partial charge on any atom is -0.497 e. The van der Waals surface area contributed by atoms with E-state index in [-0.39, 0.29) is 12.2 Å². The molecule has 1 aliphatic rings. The Morgan fingerprint density at radius 2 is 1.86 bits per heavy atom. The number of nitrogens with zero attached hydrogens (tertiary/aromatic N) is 3. The molecule has 3 rings (SSSR count). The average Bonchev–Trinajstić information content (AvgIpc) is 2.95. The summed E-state index contributed by atoms with van der Waals surface area (Å²) in [6.45, 7) is 6.58. The first-order valence-corrected chi connectivity index (χ1v) is 7.49. The van der Waals surface area contributed by atoms with Crippen molar-refractivity contribution in [1.82, 2.24) is 15.0 Å². The Bertz CT molecular complexity index is 601. The number of ether oxygens (including phenoxy) is 2. The number of hydrogen-bond acceptors (Lipinski definition) is 6. The van der Waals surface area contributed by atoms with Crippen molar-refractivity contribution in [2.75, 3.05) is 20.2 Å². The number of rotatable bonds is 4. The summed E-state index contributed by atoms with van der Waals surface area (Å²) in [5.41, 5.74) is 0.916. The molecular weight excluding hydrogens is 282 g/mol. The molecule has 1 saturated heterocycles. The monoisotopic (exact) mass is 303 g/mol. The van der Waals surface area contributed by atoms with Crippen LogP contribution < -0.4 is 4.74 Å². The van der Waals surface area contributed by atoms with Gasteiger partial charge in [0.2, 0.25) is 11.7 Å². The van der Waals surface area contributed by atoms with Crippen LogP contribution in [0.15, 0.2) is 28.8 Å². The summed E-state index contributed by atoms with van der Waals surface area (Å²) in [5.74, 6) is 2.04. The van der Waals surface area contributed by atoms with Gasteiger partial charge in [-0.25, -0.2) is 0 Å². The largest absolute Gasteiger partial charge is 0.497 e. The van der Waals surface area contributed by atoms with Gasteiger partial charge in [0.25, 0.3) is 0 Å². The minimum absolute atomic E-state index is 0.229. The molecule has 6 heteroatoms. The minimum atomic E-state index is 0.229. The molecule has 1 fully saturated rings. The molecule has 1 aromatic carbocycles. The lowest BCUT2D eigenvalue weighted by Gasteiger charge is -2.34. The van der Waals surface area contributed by atoms with Gasteiger partial charge in [-0.05, 0) is 38.1 Å². The smallest absolute Gasteiger partial charge is 0.241 e. The molecule has 0 saturated carbocycles. The Labute approximate surface area is 130 Å². The van der Waals surface area contributed by atoms with Crippen molar-refractivity contribution in [2.24, 2.45) is 0 Å². The number of benzene rings is 1. The van der Waals surface area contributed by atoms with E-state index in [1.165, 1.54) is 0 Å². The zero-order valence-electron chi connectivity index (χ0n) is 13.2. The van der Waals surface area contributed by atoms with Crippen LogP contribution in [0.1, 0.15) is 19.7 Å². The second-order valence-corrected chi connectivity index (χ2v) is 5.69. The maximum absolute atomic E-state index is 5.73. The van der Waals surface area contributed by atoms with Crippen LogP contribution in [-0.2, 0) is 11.3 Å². The quantitative estimate of drug-likeness (QED) is 0.864. The van der Waals surface area contributed by atoms with Crippen LogP contribution in [0.4, 0.5) is 0 Å². The van der Waals surface area contributed by atoms with Crippen LogP contribution in [-0.4, -0.2) is 47.4 Å². The zero-order valence-corrected chi connectivity index (χ0v) is 13.2. The molecule has 1 aromatic heterocycles. The van der Waals surface area contributed by atoms with Crippen molar-refractivity contribution in [3.63, 3.8) is 0 Å². The molecule has 0 amide bonds. The molecule has 0 bridgehead atoms. The van der Waals surface area contributed by atoms with Gasteiger partial charge in [-0.1, -0.05) is 5.16 Å². The lowest BCUT2D eigenvalue weighted by molar-refractivity contribution is -0.0725. The summed E-state index contributed by atoms with van der Waals surface area (Å²) in [6.07, 6.45) is 0.459. The van der Waals surface area contributed by atoms with E-state index < -0.39 is 0 Å². The number of aromatic nitrogens is 2. The second-order valence-electron chi connectivity index (χ2n) is 5.69. The Morgan fingerprint density at radius 3 is 2.50 bits per heavy atom. The molecule has 1 aliphatic heterocycles. The van der Waals surface area contributed by atoms with Gasteiger partial charge in [0.15, 0.2) is 0 Å². The summed E-state index contributed by atoms with van der Waals surface area (Å²) < 4.78 is 16.3. The van der Waals surface area contributed by atoms with Gasteiger partial charge in [-0.2, -0.15) is 4.98 Å². The lowest BCUT2D eigenvalue weighted by atomic mass is 10.2. The molecule has 6 nitrogen and oxygen atoms in total. The highest BCUT2D eigenvalue weighted by Gasteiger charge is 2.23. The van der Waals surface area contributed by atoms with E-state index >= 15 is 0 Å². The van der Waals surface area contributed by atoms with Crippen LogP contribution in [0.5, 0.6) is 5.75 Å². The Kier molecular flexibility index (Phi) is 4.40.